The van der Waals surface area contributed by atoms with Gasteiger partial charge in [-0.15, -0.1) is 0 Å². The van der Waals surface area contributed by atoms with Crippen LogP contribution < -0.4 is 9.47 Å². The van der Waals surface area contributed by atoms with Crippen molar-refractivity contribution in [3.05, 3.63) is 120 Å². The van der Waals surface area contributed by atoms with Gasteiger partial charge in [0.15, 0.2) is 12.2 Å². The number of rotatable bonds is 41. The monoisotopic (exact) mass is 1000 g/mol. The molecular weight excluding hydrogens is 921 g/mol. The Labute approximate surface area is 430 Å². The van der Waals surface area contributed by atoms with Crippen LogP contribution in [0.2, 0.25) is 0 Å². The minimum atomic E-state index is -0.443. The molecule has 0 aliphatic carbocycles. The first-order valence-corrected chi connectivity index (χ1v) is 25.8. The molecule has 3 aromatic carbocycles. The van der Waals surface area contributed by atoms with Crippen LogP contribution in [0.3, 0.4) is 0 Å². The third-order valence-electron chi connectivity index (χ3n) is 10.6. The summed E-state index contributed by atoms with van der Waals surface area (Å²) >= 11 is 0. The molecule has 3 aromatic rings. The highest BCUT2D eigenvalue weighted by Gasteiger charge is 2.18. The molecule has 0 aliphatic heterocycles. The lowest BCUT2D eigenvalue weighted by Crippen LogP contribution is -2.17. The van der Waals surface area contributed by atoms with Gasteiger partial charge in [0.25, 0.3) is 0 Å². The highest BCUT2D eigenvalue weighted by molar-refractivity contribution is 5.87. The van der Waals surface area contributed by atoms with Crippen LogP contribution in [0.25, 0.3) is 0 Å². The lowest BCUT2D eigenvalue weighted by atomic mass is 10.1. The van der Waals surface area contributed by atoms with Gasteiger partial charge in [-0.05, 0) is 114 Å². The van der Waals surface area contributed by atoms with Gasteiger partial charge in [0, 0.05) is 57.0 Å². The predicted molar refractivity (Wildman–Crippen MR) is 279 cm³/mol. The molecule has 72 heavy (non-hydrogen) atoms. The van der Waals surface area contributed by atoms with E-state index in [1.54, 1.807) is 13.8 Å². The van der Waals surface area contributed by atoms with E-state index in [0.29, 0.717) is 90.1 Å². The summed E-state index contributed by atoms with van der Waals surface area (Å²) in [5, 5.41) is 0. The van der Waals surface area contributed by atoms with Crippen molar-refractivity contribution in [2.24, 2.45) is 0 Å². The van der Waals surface area contributed by atoms with Crippen LogP contribution in [0, 0.1) is 0 Å². The zero-order valence-corrected chi connectivity index (χ0v) is 43.8. The first-order chi connectivity index (χ1) is 35.0. The molecule has 0 heterocycles. The summed E-state index contributed by atoms with van der Waals surface area (Å²) in [6, 6.07) is 26.9. The van der Waals surface area contributed by atoms with Gasteiger partial charge < -0.3 is 47.4 Å². The molecule has 0 N–H and O–H groups in total. The number of esters is 4. The van der Waals surface area contributed by atoms with Crippen molar-refractivity contribution in [2.75, 3.05) is 79.3 Å². The van der Waals surface area contributed by atoms with Gasteiger partial charge in [-0.1, -0.05) is 99.5 Å². The molecule has 2 unspecified atom stereocenters. The lowest BCUT2D eigenvalue weighted by molar-refractivity contribution is -0.153. The van der Waals surface area contributed by atoms with Gasteiger partial charge >= 0.3 is 23.9 Å². The van der Waals surface area contributed by atoms with Crippen LogP contribution in [0.4, 0.5) is 0 Å². The Morgan fingerprint density at radius 3 is 1.22 bits per heavy atom. The Balaban J connectivity index is 0.000000514. The molecule has 3 rings (SSSR count). The van der Waals surface area contributed by atoms with Gasteiger partial charge in [0.1, 0.15) is 18.1 Å². The largest absolute Gasteiger partial charge is 0.494 e. The van der Waals surface area contributed by atoms with Crippen LogP contribution in [-0.2, 0) is 57.1 Å². The van der Waals surface area contributed by atoms with E-state index in [4.69, 9.17) is 47.4 Å². The zero-order chi connectivity index (χ0) is 52.3. The van der Waals surface area contributed by atoms with Gasteiger partial charge in [0.2, 0.25) is 0 Å². The normalized spacial score (nSPS) is 11.6. The fourth-order valence-electron chi connectivity index (χ4n) is 6.65. The van der Waals surface area contributed by atoms with E-state index in [2.05, 4.69) is 13.2 Å². The Kier molecular flexibility index (Phi) is 36.5. The number of unbranched alkanes of at least 4 members (excludes halogenated alkanes) is 8. The molecule has 14 heteroatoms. The van der Waals surface area contributed by atoms with Crippen molar-refractivity contribution < 1.29 is 66.5 Å². The first-order valence-electron chi connectivity index (χ1n) is 25.8. The lowest BCUT2D eigenvalue weighted by Gasteiger charge is -2.18. The summed E-state index contributed by atoms with van der Waals surface area (Å²) in [6.45, 7) is 20.6. The van der Waals surface area contributed by atoms with Crippen LogP contribution >= 0.6 is 0 Å². The van der Waals surface area contributed by atoms with Crippen molar-refractivity contribution in [1.29, 1.82) is 0 Å². The van der Waals surface area contributed by atoms with E-state index >= 15 is 0 Å². The fourth-order valence-corrected chi connectivity index (χ4v) is 6.65. The Morgan fingerprint density at radius 1 is 0.417 bits per heavy atom. The SMILES string of the molecule is C=C(C)C(=O)OCCCCCCC(=O)OC(COCCCCOCC)c1ccccc1.C=C(C)C(=O)OCCCCCCC(=O)OC(COCCCCOCCOc1ccc(OCC)cc1)c1ccccc1. The predicted octanol–water partition coefficient (Wildman–Crippen LogP) is 11.8. The molecule has 0 aliphatic rings. The van der Waals surface area contributed by atoms with E-state index in [9.17, 15) is 19.2 Å². The van der Waals surface area contributed by atoms with Crippen LogP contribution in [-0.4, -0.2) is 103 Å². The summed E-state index contributed by atoms with van der Waals surface area (Å²) in [5.41, 5.74) is 2.66. The number of benzene rings is 3. The molecule has 14 nitrogen and oxygen atoms in total. The van der Waals surface area contributed by atoms with Crippen LogP contribution in [0.1, 0.15) is 141 Å². The summed E-state index contributed by atoms with van der Waals surface area (Å²) < 4.78 is 55.3. The molecule has 0 radical (unpaired) electrons. The Morgan fingerprint density at radius 2 is 0.806 bits per heavy atom. The minimum absolute atomic E-state index is 0.220. The first kappa shape index (κ1) is 62.6. The summed E-state index contributed by atoms with van der Waals surface area (Å²) in [5.74, 6) is 0.443. The topological polar surface area (TPSA) is 161 Å². The van der Waals surface area contributed by atoms with Crippen LogP contribution in [0.15, 0.2) is 109 Å². The maximum atomic E-state index is 12.5. The molecule has 0 fully saturated rings. The second-order valence-corrected chi connectivity index (χ2v) is 17.1. The van der Waals surface area contributed by atoms with Crippen molar-refractivity contribution in [3.8, 4) is 11.5 Å². The molecule has 0 bridgehead atoms. The van der Waals surface area contributed by atoms with E-state index in [0.717, 1.165) is 113 Å². The number of hydrogen-bond donors (Lipinski definition) is 0. The third kappa shape index (κ3) is 32.4. The second-order valence-electron chi connectivity index (χ2n) is 17.1. The fraction of sp³-hybridized carbons (Fsp3) is 0.552. The highest BCUT2D eigenvalue weighted by Crippen LogP contribution is 2.22. The molecule has 0 aromatic heterocycles. The van der Waals surface area contributed by atoms with Crippen molar-refractivity contribution >= 4 is 23.9 Å². The quantitative estimate of drug-likeness (QED) is 0.0228. The maximum Gasteiger partial charge on any atom is 0.333 e. The zero-order valence-electron chi connectivity index (χ0n) is 43.8. The summed E-state index contributed by atoms with van der Waals surface area (Å²) in [7, 11) is 0. The van der Waals surface area contributed by atoms with Gasteiger partial charge in [0.05, 0.1) is 39.6 Å². The average Bonchev–Trinajstić information content (AvgIpc) is 3.38. The van der Waals surface area contributed by atoms with Crippen molar-refractivity contribution in [2.45, 2.75) is 130 Å². The number of carbonyl (C=O) groups is 4. The number of ether oxygens (including phenoxy) is 10. The number of carbonyl (C=O) groups excluding carboxylic acids is 4. The molecule has 0 saturated carbocycles. The Bertz CT molecular complexity index is 1890. The smallest absolute Gasteiger partial charge is 0.333 e. The van der Waals surface area contributed by atoms with Crippen LogP contribution in [0.5, 0.6) is 11.5 Å². The Hall–Kier alpha value is -5.54. The maximum absolute atomic E-state index is 12.5. The van der Waals surface area contributed by atoms with E-state index in [1.807, 2.05) is 98.8 Å². The molecular formula is C58H84O14. The second kappa shape index (κ2) is 42.0. The van der Waals surface area contributed by atoms with Crippen molar-refractivity contribution in [1.82, 2.24) is 0 Å². The third-order valence-corrected chi connectivity index (χ3v) is 10.6. The molecule has 0 saturated heterocycles. The molecule has 2 atom stereocenters. The highest BCUT2D eigenvalue weighted by atomic mass is 16.6. The summed E-state index contributed by atoms with van der Waals surface area (Å²) in [4.78, 5) is 47.5. The van der Waals surface area contributed by atoms with E-state index in [-0.39, 0.29) is 23.9 Å². The summed E-state index contributed by atoms with van der Waals surface area (Å²) in [6.07, 6.45) is 9.96. The van der Waals surface area contributed by atoms with E-state index < -0.39 is 12.2 Å². The van der Waals surface area contributed by atoms with Crippen molar-refractivity contribution in [3.63, 3.8) is 0 Å². The minimum Gasteiger partial charge on any atom is -0.494 e. The van der Waals surface area contributed by atoms with E-state index in [1.165, 1.54) is 0 Å². The average molecular weight is 1010 g/mol. The molecule has 400 valence electrons. The number of hydrogen-bond acceptors (Lipinski definition) is 14. The van der Waals surface area contributed by atoms with Gasteiger partial charge in [-0.2, -0.15) is 0 Å². The molecule has 0 spiro atoms. The van der Waals surface area contributed by atoms with Gasteiger partial charge in [-0.25, -0.2) is 9.59 Å². The standard InChI is InChI=1S/C33H46O8.C25H38O6/c1-4-38-29-17-19-30(20-18-29)39-25-24-36-21-12-13-22-37-26-31(28-14-8-7-9-15-28)41-32(34)16-10-5-6-11-23-40-33(35)27(2)3;1-4-28-17-12-13-18-29-20-23(22-14-8-7-9-15-22)31-24(26)16-10-5-6-11-19-30-25(27)21(2)3/h7-9,14-15,17-20,31H,2,4-6,10-13,16,21-26H2,1,3H3;7-9,14-15,23H,2,4-6,10-13,16-20H2,1,3H3. The molecule has 0 amide bonds. The van der Waals surface area contributed by atoms with Gasteiger partial charge in [-0.3, -0.25) is 9.59 Å².